The van der Waals surface area contributed by atoms with E-state index in [1.807, 2.05) is 0 Å². The second-order valence-electron chi connectivity index (χ2n) is 3.74. The number of phenols is 1. The molecule has 0 saturated heterocycles. The van der Waals surface area contributed by atoms with Crippen molar-refractivity contribution in [1.29, 1.82) is 0 Å². The van der Waals surface area contributed by atoms with Crippen LogP contribution in [0.25, 0.3) is 0 Å². The van der Waals surface area contributed by atoms with Gasteiger partial charge in [0, 0.05) is 13.2 Å². The van der Waals surface area contributed by atoms with Gasteiger partial charge in [-0.25, -0.2) is 13.1 Å². The van der Waals surface area contributed by atoms with Gasteiger partial charge < -0.3 is 5.11 Å². The first-order valence-corrected chi connectivity index (χ1v) is 6.73. The van der Waals surface area contributed by atoms with Crippen LogP contribution in [0.15, 0.2) is 41.4 Å². The lowest BCUT2D eigenvalue weighted by Gasteiger charge is -2.08. The second kappa shape index (κ2) is 4.79. The van der Waals surface area contributed by atoms with Crippen molar-refractivity contribution in [1.82, 2.24) is 14.5 Å². The van der Waals surface area contributed by atoms with E-state index in [-0.39, 0.29) is 17.2 Å². The Hall–Kier alpha value is -1.86. The van der Waals surface area contributed by atoms with Crippen molar-refractivity contribution in [3.05, 3.63) is 42.2 Å². The Balaban J connectivity index is 2.19. The molecular weight excluding hydrogens is 254 g/mol. The average molecular weight is 267 g/mol. The van der Waals surface area contributed by atoms with Gasteiger partial charge in [-0.15, -0.1) is 0 Å². The molecule has 2 N–H and O–H groups in total. The molecule has 0 aliphatic rings. The Kier molecular flexibility index (Phi) is 3.35. The zero-order chi connectivity index (χ0) is 13.2. The fourth-order valence-electron chi connectivity index (χ4n) is 1.51. The molecule has 0 atom stereocenters. The number of sulfonamides is 1. The topological polar surface area (TPSA) is 84.2 Å². The number of aryl methyl sites for hydroxylation is 1. The number of aromatic hydroxyl groups is 1. The molecule has 0 amide bonds. The summed E-state index contributed by atoms with van der Waals surface area (Å²) in [5, 5.41) is 13.5. The maximum absolute atomic E-state index is 12.0. The Morgan fingerprint density at radius 1 is 1.33 bits per heavy atom. The number of hydrogen-bond acceptors (Lipinski definition) is 4. The summed E-state index contributed by atoms with van der Waals surface area (Å²) in [7, 11) is -2.00. The summed E-state index contributed by atoms with van der Waals surface area (Å²) in [4.78, 5) is -0.132. The number of nitrogens with zero attached hydrogens (tertiary/aromatic N) is 2. The van der Waals surface area contributed by atoms with Gasteiger partial charge in [-0.3, -0.25) is 4.68 Å². The van der Waals surface area contributed by atoms with Crippen LogP contribution < -0.4 is 4.72 Å². The third-order valence-electron chi connectivity index (χ3n) is 2.52. The van der Waals surface area contributed by atoms with Crippen molar-refractivity contribution in [3.8, 4) is 5.75 Å². The van der Waals surface area contributed by atoms with E-state index in [0.29, 0.717) is 0 Å². The lowest BCUT2D eigenvalue weighted by atomic mass is 10.3. The van der Waals surface area contributed by atoms with Gasteiger partial charge in [0.25, 0.3) is 0 Å². The standard InChI is InChI=1S/C11H13N3O3S/c1-14-9(6-7-12-14)8-13-18(16,17)11-5-3-2-4-10(11)15/h2-7,13,15H,8H2,1H3. The minimum atomic E-state index is -3.72. The maximum Gasteiger partial charge on any atom is 0.244 e. The van der Waals surface area contributed by atoms with E-state index < -0.39 is 10.0 Å². The summed E-state index contributed by atoms with van der Waals surface area (Å²) in [6, 6.07) is 7.51. The highest BCUT2D eigenvalue weighted by molar-refractivity contribution is 7.89. The van der Waals surface area contributed by atoms with Gasteiger partial charge in [0.15, 0.2) is 0 Å². The van der Waals surface area contributed by atoms with Crippen LogP contribution in [-0.4, -0.2) is 23.3 Å². The first kappa shape index (κ1) is 12.6. The SMILES string of the molecule is Cn1nccc1CNS(=O)(=O)c1ccccc1O. The highest BCUT2D eigenvalue weighted by Gasteiger charge is 2.17. The third kappa shape index (κ3) is 2.52. The van der Waals surface area contributed by atoms with Crippen LogP contribution in [0.2, 0.25) is 0 Å². The Bertz CT molecular complexity index is 649. The molecule has 1 aromatic heterocycles. The molecule has 1 aromatic carbocycles. The summed E-state index contributed by atoms with van der Waals surface area (Å²) < 4.78 is 27.9. The predicted octanol–water partition coefficient (Wildman–Crippen LogP) is 0.604. The third-order valence-corrected chi connectivity index (χ3v) is 3.97. The first-order chi connectivity index (χ1) is 8.50. The highest BCUT2D eigenvalue weighted by Crippen LogP contribution is 2.21. The molecule has 2 rings (SSSR count). The number of benzene rings is 1. The molecule has 0 aliphatic heterocycles. The summed E-state index contributed by atoms with van der Waals surface area (Å²) >= 11 is 0. The summed E-state index contributed by atoms with van der Waals surface area (Å²) in [5.74, 6) is -0.269. The summed E-state index contributed by atoms with van der Waals surface area (Å²) in [6.07, 6.45) is 1.59. The lowest BCUT2D eigenvalue weighted by molar-refractivity contribution is 0.458. The largest absolute Gasteiger partial charge is 0.507 e. The Labute approximate surface area is 105 Å². The van der Waals surface area contributed by atoms with Crippen LogP contribution in [0, 0.1) is 0 Å². The number of nitrogens with one attached hydrogen (secondary N) is 1. The Morgan fingerprint density at radius 3 is 2.67 bits per heavy atom. The van der Waals surface area contributed by atoms with E-state index in [4.69, 9.17) is 0 Å². The fourth-order valence-corrected chi connectivity index (χ4v) is 2.60. The molecular formula is C11H13N3O3S. The zero-order valence-electron chi connectivity index (χ0n) is 9.74. The number of para-hydroxylation sites is 1. The predicted molar refractivity (Wildman–Crippen MR) is 65.3 cm³/mol. The molecule has 0 radical (unpaired) electrons. The lowest BCUT2D eigenvalue weighted by Crippen LogP contribution is -2.24. The number of hydrogen-bond donors (Lipinski definition) is 2. The van der Waals surface area contributed by atoms with E-state index in [2.05, 4.69) is 9.82 Å². The van der Waals surface area contributed by atoms with Gasteiger partial charge >= 0.3 is 0 Å². The van der Waals surface area contributed by atoms with E-state index in [1.54, 1.807) is 36.1 Å². The van der Waals surface area contributed by atoms with Gasteiger partial charge in [0.1, 0.15) is 10.6 Å². The van der Waals surface area contributed by atoms with E-state index in [9.17, 15) is 13.5 Å². The summed E-state index contributed by atoms with van der Waals surface area (Å²) in [5.41, 5.74) is 0.731. The van der Waals surface area contributed by atoms with Crippen molar-refractivity contribution in [2.45, 2.75) is 11.4 Å². The molecule has 0 saturated carbocycles. The molecule has 96 valence electrons. The van der Waals surface area contributed by atoms with Crippen LogP contribution in [0.4, 0.5) is 0 Å². The molecule has 18 heavy (non-hydrogen) atoms. The van der Waals surface area contributed by atoms with Gasteiger partial charge in [-0.1, -0.05) is 12.1 Å². The molecule has 0 fully saturated rings. The number of aromatic nitrogens is 2. The van der Waals surface area contributed by atoms with Crippen molar-refractivity contribution in [3.63, 3.8) is 0 Å². The van der Waals surface area contributed by atoms with Gasteiger partial charge in [0.2, 0.25) is 10.0 Å². The molecule has 0 bridgehead atoms. The van der Waals surface area contributed by atoms with Crippen molar-refractivity contribution < 1.29 is 13.5 Å². The molecule has 0 unspecified atom stereocenters. The number of phenolic OH excluding ortho intramolecular Hbond substituents is 1. The molecule has 7 heteroatoms. The van der Waals surface area contributed by atoms with Crippen LogP contribution in [-0.2, 0) is 23.6 Å². The second-order valence-corrected chi connectivity index (χ2v) is 5.47. The van der Waals surface area contributed by atoms with E-state index in [1.165, 1.54) is 12.1 Å². The van der Waals surface area contributed by atoms with E-state index >= 15 is 0 Å². The monoisotopic (exact) mass is 267 g/mol. The van der Waals surface area contributed by atoms with Crippen LogP contribution in [0.5, 0.6) is 5.75 Å². The maximum atomic E-state index is 12.0. The smallest absolute Gasteiger partial charge is 0.244 e. The Morgan fingerprint density at radius 2 is 2.06 bits per heavy atom. The molecule has 1 heterocycles. The van der Waals surface area contributed by atoms with Gasteiger partial charge in [-0.05, 0) is 18.2 Å². The van der Waals surface area contributed by atoms with Crippen LogP contribution in [0.3, 0.4) is 0 Å². The normalized spacial score (nSPS) is 11.6. The van der Waals surface area contributed by atoms with E-state index in [0.717, 1.165) is 5.69 Å². The average Bonchev–Trinajstić information content (AvgIpc) is 2.73. The van der Waals surface area contributed by atoms with Crippen molar-refractivity contribution >= 4 is 10.0 Å². The zero-order valence-corrected chi connectivity index (χ0v) is 10.6. The minimum Gasteiger partial charge on any atom is -0.507 e. The quantitative estimate of drug-likeness (QED) is 0.849. The first-order valence-electron chi connectivity index (χ1n) is 5.25. The van der Waals surface area contributed by atoms with Crippen LogP contribution in [0.1, 0.15) is 5.69 Å². The van der Waals surface area contributed by atoms with Gasteiger partial charge in [-0.2, -0.15) is 5.10 Å². The van der Waals surface area contributed by atoms with Crippen LogP contribution >= 0.6 is 0 Å². The molecule has 6 nitrogen and oxygen atoms in total. The molecule has 2 aromatic rings. The molecule has 0 spiro atoms. The van der Waals surface area contributed by atoms with Crippen molar-refractivity contribution in [2.75, 3.05) is 0 Å². The van der Waals surface area contributed by atoms with Crippen molar-refractivity contribution in [2.24, 2.45) is 7.05 Å². The summed E-state index contributed by atoms with van der Waals surface area (Å²) in [6.45, 7) is 0.118. The molecule has 0 aliphatic carbocycles. The number of rotatable bonds is 4. The minimum absolute atomic E-state index is 0.118. The van der Waals surface area contributed by atoms with Gasteiger partial charge in [0.05, 0.1) is 12.2 Å². The highest BCUT2D eigenvalue weighted by atomic mass is 32.2. The fraction of sp³-hybridized carbons (Fsp3) is 0.182.